The van der Waals surface area contributed by atoms with Crippen molar-refractivity contribution in [2.45, 2.75) is 19.5 Å². The van der Waals surface area contributed by atoms with E-state index in [1.807, 2.05) is 24.3 Å². The van der Waals surface area contributed by atoms with Crippen LogP contribution in [0.5, 0.6) is 5.75 Å². The van der Waals surface area contributed by atoms with Crippen molar-refractivity contribution in [1.29, 1.82) is 0 Å². The van der Waals surface area contributed by atoms with Gasteiger partial charge in [0.25, 0.3) is 0 Å². The van der Waals surface area contributed by atoms with Crippen LogP contribution in [0.4, 0.5) is 4.39 Å². The summed E-state index contributed by atoms with van der Waals surface area (Å²) in [5.41, 5.74) is 2.27. The first-order chi connectivity index (χ1) is 9.19. The third-order valence-electron chi connectivity index (χ3n) is 3.14. The van der Waals surface area contributed by atoms with Crippen molar-refractivity contribution < 1.29 is 9.13 Å². The highest BCUT2D eigenvalue weighted by Gasteiger charge is 2.05. The lowest BCUT2D eigenvalue weighted by Gasteiger charge is -2.14. The Bertz CT molecular complexity index is 507. The molecule has 0 heterocycles. The van der Waals surface area contributed by atoms with Gasteiger partial charge in [0, 0.05) is 12.6 Å². The van der Waals surface area contributed by atoms with Crippen molar-refractivity contribution in [1.82, 2.24) is 5.32 Å². The van der Waals surface area contributed by atoms with Gasteiger partial charge in [-0.05, 0) is 42.3 Å². The van der Waals surface area contributed by atoms with Crippen LogP contribution in [0, 0.1) is 5.82 Å². The van der Waals surface area contributed by atoms with Crippen LogP contribution in [-0.2, 0) is 6.54 Å². The molecular formula is C16H18FNO. The van der Waals surface area contributed by atoms with Gasteiger partial charge in [0.15, 0.2) is 0 Å². The molecule has 0 aliphatic carbocycles. The van der Waals surface area contributed by atoms with E-state index in [9.17, 15) is 4.39 Å². The molecule has 0 bridgehead atoms. The first-order valence-corrected chi connectivity index (χ1v) is 6.31. The number of hydrogen-bond donors (Lipinski definition) is 1. The second-order valence-electron chi connectivity index (χ2n) is 4.50. The van der Waals surface area contributed by atoms with E-state index in [1.54, 1.807) is 19.2 Å². The Balaban J connectivity index is 1.93. The topological polar surface area (TPSA) is 21.3 Å². The minimum atomic E-state index is -0.202. The van der Waals surface area contributed by atoms with Crippen LogP contribution < -0.4 is 10.1 Å². The minimum Gasteiger partial charge on any atom is -0.497 e. The number of benzene rings is 2. The maximum absolute atomic E-state index is 12.8. The van der Waals surface area contributed by atoms with E-state index < -0.39 is 0 Å². The van der Waals surface area contributed by atoms with Crippen LogP contribution in [0.2, 0.25) is 0 Å². The van der Waals surface area contributed by atoms with Crippen LogP contribution >= 0.6 is 0 Å². The van der Waals surface area contributed by atoms with Gasteiger partial charge in [0.2, 0.25) is 0 Å². The molecule has 0 amide bonds. The smallest absolute Gasteiger partial charge is 0.123 e. The van der Waals surface area contributed by atoms with Gasteiger partial charge in [0.1, 0.15) is 11.6 Å². The van der Waals surface area contributed by atoms with Gasteiger partial charge >= 0.3 is 0 Å². The zero-order valence-corrected chi connectivity index (χ0v) is 11.2. The van der Waals surface area contributed by atoms with Gasteiger partial charge in [0.05, 0.1) is 7.11 Å². The highest BCUT2D eigenvalue weighted by molar-refractivity contribution is 5.29. The Kier molecular flexibility index (Phi) is 4.53. The average Bonchev–Trinajstić information content (AvgIpc) is 2.46. The fourth-order valence-corrected chi connectivity index (χ4v) is 1.88. The van der Waals surface area contributed by atoms with Crippen LogP contribution in [-0.4, -0.2) is 7.11 Å². The molecular weight excluding hydrogens is 241 g/mol. The summed E-state index contributed by atoms with van der Waals surface area (Å²) in [6, 6.07) is 14.8. The fourth-order valence-electron chi connectivity index (χ4n) is 1.88. The van der Waals surface area contributed by atoms with E-state index in [2.05, 4.69) is 12.2 Å². The van der Waals surface area contributed by atoms with Crippen LogP contribution in [0.1, 0.15) is 24.1 Å². The third kappa shape index (κ3) is 3.80. The second kappa shape index (κ2) is 6.34. The molecule has 0 unspecified atom stereocenters. The lowest BCUT2D eigenvalue weighted by Crippen LogP contribution is -2.17. The Morgan fingerprint density at radius 1 is 1.05 bits per heavy atom. The second-order valence-corrected chi connectivity index (χ2v) is 4.50. The molecule has 0 radical (unpaired) electrons. The van der Waals surface area contributed by atoms with Crippen molar-refractivity contribution in [3.05, 3.63) is 65.5 Å². The molecule has 100 valence electrons. The number of ether oxygens (including phenoxy) is 1. The lowest BCUT2D eigenvalue weighted by molar-refractivity contribution is 0.414. The Hall–Kier alpha value is -1.87. The van der Waals surface area contributed by atoms with Gasteiger partial charge in [-0.2, -0.15) is 0 Å². The number of halogens is 1. The van der Waals surface area contributed by atoms with E-state index in [4.69, 9.17) is 4.74 Å². The van der Waals surface area contributed by atoms with Crippen molar-refractivity contribution >= 4 is 0 Å². The van der Waals surface area contributed by atoms with Crippen molar-refractivity contribution in [2.75, 3.05) is 7.11 Å². The van der Waals surface area contributed by atoms with Crippen molar-refractivity contribution in [3.8, 4) is 5.75 Å². The van der Waals surface area contributed by atoms with Crippen molar-refractivity contribution in [2.24, 2.45) is 0 Å². The molecule has 0 saturated carbocycles. The molecule has 0 fully saturated rings. The maximum Gasteiger partial charge on any atom is 0.123 e. The summed E-state index contributed by atoms with van der Waals surface area (Å²) in [6.45, 7) is 2.82. The quantitative estimate of drug-likeness (QED) is 0.884. The molecule has 1 N–H and O–H groups in total. The number of hydrogen-bond acceptors (Lipinski definition) is 2. The van der Waals surface area contributed by atoms with E-state index in [1.165, 1.54) is 17.7 Å². The molecule has 0 aliphatic rings. The maximum atomic E-state index is 12.8. The summed E-state index contributed by atoms with van der Waals surface area (Å²) in [5, 5.41) is 3.41. The molecule has 3 heteroatoms. The summed E-state index contributed by atoms with van der Waals surface area (Å²) in [7, 11) is 1.66. The Morgan fingerprint density at radius 3 is 2.26 bits per heavy atom. The number of rotatable bonds is 5. The molecule has 0 aliphatic heterocycles. The van der Waals surface area contributed by atoms with Crippen molar-refractivity contribution in [3.63, 3.8) is 0 Å². The van der Waals surface area contributed by atoms with E-state index >= 15 is 0 Å². The van der Waals surface area contributed by atoms with E-state index in [0.717, 1.165) is 11.3 Å². The predicted molar refractivity (Wildman–Crippen MR) is 74.6 cm³/mol. The minimum absolute atomic E-state index is 0.202. The summed E-state index contributed by atoms with van der Waals surface area (Å²) in [5.74, 6) is 0.654. The van der Waals surface area contributed by atoms with Gasteiger partial charge in [-0.25, -0.2) is 4.39 Å². The highest BCUT2D eigenvalue weighted by Crippen LogP contribution is 2.17. The molecule has 2 nitrogen and oxygen atoms in total. The highest BCUT2D eigenvalue weighted by atomic mass is 19.1. The van der Waals surface area contributed by atoms with Crippen LogP contribution in [0.25, 0.3) is 0 Å². The molecule has 2 rings (SSSR count). The van der Waals surface area contributed by atoms with Crippen LogP contribution in [0.3, 0.4) is 0 Å². The molecule has 1 atom stereocenters. The third-order valence-corrected chi connectivity index (χ3v) is 3.14. The molecule has 2 aromatic rings. The predicted octanol–water partition coefficient (Wildman–Crippen LogP) is 3.69. The first-order valence-electron chi connectivity index (χ1n) is 6.31. The normalized spacial score (nSPS) is 12.2. The summed E-state index contributed by atoms with van der Waals surface area (Å²) < 4.78 is 17.9. The average molecular weight is 259 g/mol. The van der Waals surface area contributed by atoms with Gasteiger partial charge in [-0.15, -0.1) is 0 Å². The fraction of sp³-hybridized carbons (Fsp3) is 0.250. The van der Waals surface area contributed by atoms with Gasteiger partial charge in [-0.3, -0.25) is 0 Å². The molecule has 19 heavy (non-hydrogen) atoms. The molecule has 0 saturated heterocycles. The summed E-state index contributed by atoms with van der Waals surface area (Å²) in [4.78, 5) is 0. The van der Waals surface area contributed by atoms with Crippen LogP contribution in [0.15, 0.2) is 48.5 Å². The summed E-state index contributed by atoms with van der Waals surface area (Å²) >= 11 is 0. The zero-order valence-electron chi connectivity index (χ0n) is 11.2. The standard InChI is InChI=1S/C16H18FNO/c1-12(14-5-9-16(19-2)10-6-14)18-11-13-3-7-15(17)8-4-13/h3-10,12,18H,11H2,1-2H3/t12-/m0/s1. The molecule has 0 aromatic heterocycles. The number of nitrogens with one attached hydrogen (secondary N) is 1. The van der Waals surface area contributed by atoms with E-state index in [-0.39, 0.29) is 11.9 Å². The first kappa shape index (κ1) is 13.6. The Morgan fingerprint density at radius 2 is 1.68 bits per heavy atom. The lowest BCUT2D eigenvalue weighted by atomic mass is 10.1. The number of methoxy groups -OCH3 is 1. The van der Waals surface area contributed by atoms with E-state index in [0.29, 0.717) is 6.54 Å². The van der Waals surface area contributed by atoms with Gasteiger partial charge < -0.3 is 10.1 Å². The SMILES string of the molecule is COc1ccc([C@H](C)NCc2ccc(F)cc2)cc1. The zero-order chi connectivity index (χ0) is 13.7. The summed E-state index contributed by atoms with van der Waals surface area (Å²) in [6.07, 6.45) is 0. The van der Waals surface area contributed by atoms with Gasteiger partial charge in [-0.1, -0.05) is 24.3 Å². The molecule has 0 spiro atoms. The Labute approximate surface area is 113 Å². The largest absolute Gasteiger partial charge is 0.497 e. The molecule has 2 aromatic carbocycles. The monoisotopic (exact) mass is 259 g/mol.